The fourth-order valence-corrected chi connectivity index (χ4v) is 3.78. The van der Waals surface area contributed by atoms with E-state index in [-0.39, 0.29) is 10.8 Å². The molecule has 2 aromatic rings. The van der Waals surface area contributed by atoms with Gasteiger partial charge in [-0.05, 0) is 16.9 Å². The Kier molecular flexibility index (Phi) is 2.81. The first-order valence-electron chi connectivity index (χ1n) is 6.78. The van der Waals surface area contributed by atoms with Crippen molar-refractivity contribution in [2.24, 2.45) is 10.8 Å². The Labute approximate surface area is 127 Å². The SMILES string of the molecule is CC1(C)C(c2onc(N)c2-c2ccccc2Br)C1(C)C. The van der Waals surface area contributed by atoms with E-state index < -0.39 is 0 Å². The molecule has 3 rings (SSSR count). The molecule has 1 heterocycles. The molecule has 0 bridgehead atoms. The standard InChI is InChI=1S/C16H19BrN2O/c1-15(2)13(16(15,3)4)12-11(14(18)19-20-12)9-7-5-6-8-10(9)17/h5-8,13H,1-4H3,(H2,18,19). The molecule has 1 fully saturated rings. The third-order valence-electron chi connectivity index (χ3n) is 5.17. The van der Waals surface area contributed by atoms with Crippen LogP contribution in [0, 0.1) is 10.8 Å². The van der Waals surface area contributed by atoms with Crippen molar-refractivity contribution in [2.75, 3.05) is 5.73 Å². The highest BCUT2D eigenvalue weighted by Crippen LogP contribution is 2.74. The number of aromatic nitrogens is 1. The Bertz CT molecular complexity index is 659. The van der Waals surface area contributed by atoms with E-state index in [0.29, 0.717) is 11.7 Å². The molecule has 2 N–H and O–H groups in total. The molecular weight excluding hydrogens is 316 g/mol. The monoisotopic (exact) mass is 334 g/mol. The fraction of sp³-hybridized carbons (Fsp3) is 0.438. The van der Waals surface area contributed by atoms with Crippen molar-refractivity contribution < 1.29 is 4.52 Å². The smallest absolute Gasteiger partial charge is 0.175 e. The van der Waals surface area contributed by atoms with Crippen molar-refractivity contribution >= 4 is 21.7 Å². The highest BCUT2D eigenvalue weighted by atomic mass is 79.9. The van der Waals surface area contributed by atoms with Gasteiger partial charge in [0.15, 0.2) is 11.6 Å². The van der Waals surface area contributed by atoms with Crippen molar-refractivity contribution in [2.45, 2.75) is 33.6 Å². The van der Waals surface area contributed by atoms with Gasteiger partial charge in [-0.15, -0.1) is 0 Å². The zero-order valence-electron chi connectivity index (χ0n) is 12.2. The molecule has 0 radical (unpaired) electrons. The maximum absolute atomic E-state index is 6.06. The second-order valence-corrected chi connectivity index (χ2v) is 7.52. The lowest BCUT2D eigenvalue weighted by Gasteiger charge is -2.06. The van der Waals surface area contributed by atoms with Gasteiger partial charge in [0.1, 0.15) is 0 Å². The van der Waals surface area contributed by atoms with E-state index in [2.05, 4.69) is 48.8 Å². The summed E-state index contributed by atoms with van der Waals surface area (Å²) >= 11 is 3.59. The highest BCUT2D eigenvalue weighted by molar-refractivity contribution is 9.10. The summed E-state index contributed by atoms with van der Waals surface area (Å²) < 4.78 is 6.61. The second-order valence-electron chi connectivity index (χ2n) is 6.66. The van der Waals surface area contributed by atoms with Crippen LogP contribution in [0.1, 0.15) is 39.4 Å². The van der Waals surface area contributed by atoms with Crippen LogP contribution in [-0.2, 0) is 0 Å². The molecule has 1 saturated carbocycles. The van der Waals surface area contributed by atoms with E-state index >= 15 is 0 Å². The van der Waals surface area contributed by atoms with Crippen molar-refractivity contribution in [3.8, 4) is 11.1 Å². The quantitative estimate of drug-likeness (QED) is 0.855. The summed E-state index contributed by atoms with van der Waals surface area (Å²) in [7, 11) is 0. The van der Waals surface area contributed by atoms with Gasteiger partial charge in [-0.3, -0.25) is 0 Å². The predicted octanol–water partition coefficient (Wildman–Crippen LogP) is 4.84. The first kappa shape index (κ1) is 13.7. The average molecular weight is 335 g/mol. The van der Waals surface area contributed by atoms with Gasteiger partial charge in [-0.25, -0.2) is 0 Å². The highest BCUT2D eigenvalue weighted by Gasteiger charge is 2.67. The summed E-state index contributed by atoms with van der Waals surface area (Å²) in [6.07, 6.45) is 0. The second kappa shape index (κ2) is 4.10. The minimum Gasteiger partial charge on any atom is -0.380 e. The lowest BCUT2D eigenvalue weighted by molar-refractivity contribution is 0.374. The number of nitrogens with two attached hydrogens (primary N) is 1. The van der Waals surface area contributed by atoms with Gasteiger partial charge >= 0.3 is 0 Å². The Balaban J connectivity index is 2.16. The Morgan fingerprint density at radius 2 is 1.75 bits per heavy atom. The lowest BCUT2D eigenvalue weighted by Crippen LogP contribution is -1.95. The van der Waals surface area contributed by atoms with Crippen molar-refractivity contribution in [1.82, 2.24) is 5.16 Å². The first-order valence-corrected chi connectivity index (χ1v) is 7.57. The van der Waals surface area contributed by atoms with Crippen LogP contribution in [0.25, 0.3) is 11.1 Å². The van der Waals surface area contributed by atoms with E-state index in [1.165, 1.54) is 0 Å². The minimum atomic E-state index is 0.189. The number of rotatable bonds is 2. The number of anilines is 1. The molecule has 1 aromatic heterocycles. The molecule has 1 aromatic carbocycles. The molecule has 0 atom stereocenters. The van der Waals surface area contributed by atoms with Crippen LogP contribution >= 0.6 is 15.9 Å². The van der Waals surface area contributed by atoms with Crippen LogP contribution in [0.2, 0.25) is 0 Å². The Morgan fingerprint density at radius 3 is 2.30 bits per heavy atom. The van der Waals surface area contributed by atoms with E-state index in [4.69, 9.17) is 10.3 Å². The summed E-state index contributed by atoms with van der Waals surface area (Å²) in [5, 5.41) is 4.01. The number of nitrogens with zero attached hydrogens (tertiary/aromatic N) is 1. The maximum Gasteiger partial charge on any atom is 0.175 e. The molecule has 20 heavy (non-hydrogen) atoms. The van der Waals surface area contributed by atoms with Gasteiger partial charge in [0.2, 0.25) is 0 Å². The van der Waals surface area contributed by atoms with Gasteiger partial charge in [0.05, 0.1) is 5.56 Å². The molecule has 0 aliphatic heterocycles. The fourth-order valence-electron chi connectivity index (χ4n) is 3.30. The lowest BCUT2D eigenvalue weighted by atomic mass is 10.0. The van der Waals surface area contributed by atoms with Crippen LogP contribution in [0.15, 0.2) is 33.3 Å². The maximum atomic E-state index is 6.06. The normalized spacial score (nSPS) is 20.1. The number of benzene rings is 1. The minimum absolute atomic E-state index is 0.189. The molecule has 4 heteroatoms. The van der Waals surface area contributed by atoms with Crippen LogP contribution in [0.3, 0.4) is 0 Å². The zero-order chi connectivity index (χ0) is 14.7. The Morgan fingerprint density at radius 1 is 1.15 bits per heavy atom. The van der Waals surface area contributed by atoms with Crippen LogP contribution in [-0.4, -0.2) is 5.16 Å². The molecule has 3 nitrogen and oxygen atoms in total. The topological polar surface area (TPSA) is 52.0 Å². The summed E-state index contributed by atoms with van der Waals surface area (Å²) in [6, 6.07) is 8.04. The molecule has 0 unspecified atom stereocenters. The van der Waals surface area contributed by atoms with E-state index in [1.54, 1.807) is 0 Å². The summed E-state index contributed by atoms with van der Waals surface area (Å²) in [6.45, 7) is 9.06. The van der Waals surface area contributed by atoms with Crippen LogP contribution < -0.4 is 5.73 Å². The van der Waals surface area contributed by atoms with E-state index in [0.717, 1.165) is 21.4 Å². The third kappa shape index (κ3) is 1.67. The zero-order valence-corrected chi connectivity index (χ0v) is 13.8. The van der Waals surface area contributed by atoms with Gasteiger partial charge in [-0.2, -0.15) is 0 Å². The summed E-state index contributed by atoms with van der Waals surface area (Å²) in [4.78, 5) is 0. The molecular formula is C16H19BrN2O. The third-order valence-corrected chi connectivity index (χ3v) is 5.86. The number of nitrogen functional groups attached to an aromatic ring is 1. The predicted molar refractivity (Wildman–Crippen MR) is 84.4 cm³/mol. The van der Waals surface area contributed by atoms with Crippen molar-refractivity contribution in [3.63, 3.8) is 0 Å². The number of hydrogen-bond acceptors (Lipinski definition) is 3. The van der Waals surface area contributed by atoms with Crippen LogP contribution in [0.5, 0.6) is 0 Å². The number of halogens is 1. The van der Waals surface area contributed by atoms with Gasteiger partial charge in [0.25, 0.3) is 0 Å². The molecule has 1 aliphatic carbocycles. The molecule has 0 amide bonds. The average Bonchev–Trinajstić information content (AvgIpc) is 2.65. The van der Waals surface area contributed by atoms with Crippen molar-refractivity contribution in [3.05, 3.63) is 34.5 Å². The Hall–Kier alpha value is -1.29. The van der Waals surface area contributed by atoms with Gasteiger partial charge < -0.3 is 10.3 Å². The molecule has 0 saturated heterocycles. The molecule has 106 valence electrons. The van der Waals surface area contributed by atoms with Crippen LogP contribution in [0.4, 0.5) is 5.82 Å². The molecule has 1 aliphatic rings. The summed E-state index contributed by atoms with van der Waals surface area (Å²) in [5.74, 6) is 1.71. The van der Waals surface area contributed by atoms with E-state index in [9.17, 15) is 0 Å². The largest absolute Gasteiger partial charge is 0.380 e. The summed E-state index contributed by atoms with van der Waals surface area (Å²) in [5.41, 5.74) is 8.41. The first-order chi connectivity index (χ1) is 9.28. The van der Waals surface area contributed by atoms with Gasteiger partial charge in [0, 0.05) is 16.0 Å². The molecule has 0 spiro atoms. The van der Waals surface area contributed by atoms with E-state index in [1.807, 2.05) is 24.3 Å². The van der Waals surface area contributed by atoms with Crippen molar-refractivity contribution in [1.29, 1.82) is 0 Å². The number of hydrogen-bond donors (Lipinski definition) is 1. The van der Waals surface area contributed by atoms with Gasteiger partial charge in [-0.1, -0.05) is 67.0 Å².